The summed E-state index contributed by atoms with van der Waals surface area (Å²) in [5.41, 5.74) is 0.765. The summed E-state index contributed by atoms with van der Waals surface area (Å²) in [5.74, 6) is -1.42. The molecule has 0 aliphatic rings. The zero-order valence-electron chi connectivity index (χ0n) is 15.8. The molecule has 0 spiro atoms. The number of ether oxygens (including phenoxy) is 3. The van der Waals surface area contributed by atoms with Crippen molar-refractivity contribution >= 4 is 29.7 Å². The first kappa shape index (κ1) is 21.2. The Morgan fingerprint density at radius 1 is 1.04 bits per heavy atom. The smallest absolute Gasteiger partial charge is 0.331 e. The summed E-state index contributed by atoms with van der Waals surface area (Å²) in [6.45, 7) is 5.15. The number of hydrogen-bond donors (Lipinski definition) is 0. The molecule has 0 radical (unpaired) electrons. The molecule has 1 aromatic carbocycles. The van der Waals surface area contributed by atoms with Crippen molar-refractivity contribution in [3.05, 3.63) is 35.9 Å². The van der Waals surface area contributed by atoms with E-state index in [1.165, 1.54) is 25.2 Å². The van der Waals surface area contributed by atoms with Crippen molar-refractivity contribution < 1.29 is 28.6 Å². The molecule has 0 heterocycles. The van der Waals surface area contributed by atoms with E-state index in [2.05, 4.69) is 9.47 Å². The van der Waals surface area contributed by atoms with E-state index >= 15 is 0 Å². The number of methoxy groups -OCH3 is 2. The third-order valence-electron chi connectivity index (χ3n) is 3.15. The molecule has 1 aromatic rings. The van der Waals surface area contributed by atoms with E-state index in [0.717, 1.165) is 0 Å². The fraction of sp³-hybridized carbons (Fsp3) is 0.421. The third kappa shape index (κ3) is 7.83. The first-order valence-electron chi connectivity index (χ1n) is 8.04. The van der Waals surface area contributed by atoms with E-state index in [4.69, 9.17) is 4.74 Å². The molecular formula is C19H25NO6. The van der Waals surface area contributed by atoms with E-state index in [1.807, 2.05) is 0 Å². The lowest BCUT2D eigenvalue weighted by molar-refractivity contribution is -0.148. The molecule has 0 fully saturated rings. The fourth-order valence-electron chi connectivity index (χ4n) is 2.00. The number of carbonyl (C=O) groups excluding carboxylic acids is 3. The van der Waals surface area contributed by atoms with Crippen LogP contribution in [0.1, 0.15) is 26.3 Å². The highest BCUT2D eigenvalue weighted by Crippen LogP contribution is 2.18. The Morgan fingerprint density at radius 2 is 1.62 bits per heavy atom. The van der Waals surface area contributed by atoms with Gasteiger partial charge in [-0.05, 0) is 44.5 Å². The molecule has 0 aliphatic heterocycles. The average molecular weight is 363 g/mol. The van der Waals surface area contributed by atoms with Crippen molar-refractivity contribution in [1.29, 1.82) is 0 Å². The Morgan fingerprint density at radius 3 is 2.12 bits per heavy atom. The molecule has 0 N–H and O–H groups in total. The molecule has 0 saturated carbocycles. The normalized spacial score (nSPS) is 11.1. The summed E-state index contributed by atoms with van der Waals surface area (Å²) < 4.78 is 14.5. The lowest BCUT2D eigenvalue weighted by atomic mass is 10.1. The first-order chi connectivity index (χ1) is 12.1. The Bertz CT molecular complexity index is 657. The zero-order chi connectivity index (χ0) is 19.7. The maximum Gasteiger partial charge on any atom is 0.331 e. The number of anilines is 1. The number of hydrogen-bond acceptors (Lipinski definition) is 7. The van der Waals surface area contributed by atoms with E-state index < -0.39 is 23.5 Å². The molecule has 0 saturated heterocycles. The molecule has 0 atom stereocenters. The third-order valence-corrected chi connectivity index (χ3v) is 3.15. The van der Waals surface area contributed by atoms with Crippen molar-refractivity contribution in [1.82, 2.24) is 0 Å². The monoisotopic (exact) mass is 363 g/mol. The van der Waals surface area contributed by atoms with E-state index in [9.17, 15) is 14.4 Å². The van der Waals surface area contributed by atoms with Crippen LogP contribution in [-0.2, 0) is 28.6 Å². The van der Waals surface area contributed by atoms with Crippen LogP contribution >= 0.6 is 0 Å². The SMILES string of the molecule is COC(=O)CN(CC(=O)OC)c1cccc(/C=C/C(=O)OC(C)(C)C)c1. The topological polar surface area (TPSA) is 82.1 Å². The Labute approximate surface area is 153 Å². The summed E-state index contributed by atoms with van der Waals surface area (Å²) in [4.78, 5) is 36.5. The highest BCUT2D eigenvalue weighted by atomic mass is 16.6. The maximum atomic E-state index is 11.8. The fourth-order valence-corrected chi connectivity index (χ4v) is 2.00. The second-order valence-electron chi connectivity index (χ2n) is 6.47. The molecule has 0 unspecified atom stereocenters. The van der Waals surface area contributed by atoms with Gasteiger partial charge in [-0.3, -0.25) is 9.59 Å². The van der Waals surface area contributed by atoms with Crippen molar-refractivity contribution in [2.24, 2.45) is 0 Å². The molecule has 0 amide bonds. The van der Waals surface area contributed by atoms with E-state index in [0.29, 0.717) is 11.3 Å². The van der Waals surface area contributed by atoms with Gasteiger partial charge in [0.05, 0.1) is 14.2 Å². The van der Waals surface area contributed by atoms with Gasteiger partial charge in [0.2, 0.25) is 0 Å². The largest absolute Gasteiger partial charge is 0.468 e. The Hall–Kier alpha value is -2.83. The molecule has 7 nitrogen and oxygen atoms in total. The Kier molecular flexibility index (Phi) is 7.83. The van der Waals surface area contributed by atoms with Gasteiger partial charge in [-0.1, -0.05) is 12.1 Å². The van der Waals surface area contributed by atoms with Crippen molar-refractivity contribution in [3.63, 3.8) is 0 Å². The number of rotatable bonds is 7. The highest BCUT2D eigenvalue weighted by molar-refractivity contribution is 5.88. The molecule has 142 valence electrons. The van der Waals surface area contributed by atoms with Gasteiger partial charge in [0.15, 0.2) is 0 Å². The van der Waals surface area contributed by atoms with Crippen LogP contribution in [-0.4, -0.2) is 50.8 Å². The molecule has 0 aliphatic carbocycles. The van der Waals surface area contributed by atoms with E-state index in [1.54, 1.807) is 51.1 Å². The predicted molar refractivity (Wildman–Crippen MR) is 97.6 cm³/mol. The van der Waals surface area contributed by atoms with Crippen molar-refractivity contribution in [2.45, 2.75) is 26.4 Å². The van der Waals surface area contributed by atoms with Gasteiger partial charge >= 0.3 is 17.9 Å². The minimum atomic E-state index is -0.568. The van der Waals surface area contributed by atoms with Crippen LogP contribution in [0.3, 0.4) is 0 Å². The van der Waals surface area contributed by atoms with Gasteiger partial charge in [-0.25, -0.2) is 4.79 Å². The summed E-state index contributed by atoms with van der Waals surface area (Å²) >= 11 is 0. The Balaban J connectivity index is 2.97. The summed E-state index contributed by atoms with van der Waals surface area (Å²) in [6, 6.07) is 7.04. The van der Waals surface area contributed by atoms with Crippen LogP contribution in [0.5, 0.6) is 0 Å². The molecule has 0 aromatic heterocycles. The van der Waals surface area contributed by atoms with Gasteiger partial charge in [0.1, 0.15) is 18.7 Å². The van der Waals surface area contributed by atoms with Gasteiger partial charge in [-0.15, -0.1) is 0 Å². The molecular weight excluding hydrogens is 338 g/mol. The van der Waals surface area contributed by atoms with Crippen LogP contribution < -0.4 is 4.90 Å². The minimum absolute atomic E-state index is 0.106. The number of nitrogens with zero attached hydrogens (tertiary/aromatic N) is 1. The highest BCUT2D eigenvalue weighted by Gasteiger charge is 2.17. The standard InChI is InChI=1S/C19H25NO6/c1-19(2,3)26-16(21)10-9-14-7-6-8-15(11-14)20(12-17(22)24-4)13-18(23)25-5/h6-11H,12-13H2,1-5H3/b10-9+. The molecule has 7 heteroatoms. The van der Waals surface area contributed by atoms with Gasteiger partial charge in [0.25, 0.3) is 0 Å². The predicted octanol–water partition coefficient (Wildman–Crippen LogP) is 2.19. The molecule has 1 rings (SSSR count). The number of esters is 3. The van der Waals surface area contributed by atoms with Crippen molar-refractivity contribution in [3.8, 4) is 0 Å². The quantitative estimate of drug-likeness (QED) is 0.417. The van der Waals surface area contributed by atoms with Crippen LogP contribution in [0.15, 0.2) is 30.3 Å². The summed E-state index contributed by atoms with van der Waals surface area (Å²) in [6.07, 6.45) is 2.93. The lowest BCUT2D eigenvalue weighted by Gasteiger charge is -2.22. The second kappa shape index (κ2) is 9.60. The van der Waals surface area contributed by atoms with Crippen LogP contribution in [0.25, 0.3) is 6.08 Å². The second-order valence-corrected chi connectivity index (χ2v) is 6.47. The molecule has 26 heavy (non-hydrogen) atoms. The van der Waals surface area contributed by atoms with E-state index in [-0.39, 0.29) is 13.1 Å². The summed E-state index contributed by atoms with van der Waals surface area (Å²) in [5, 5.41) is 0. The van der Waals surface area contributed by atoms with Crippen LogP contribution in [0.2, 0.25) is 0 Å². The van der Waals surface area contributed by atoms with Crippen LogP contribution in [0, 0.1) is 0 Å². The lowest BCUT2D eigenvalue weighted by Crippen LogP contribution is -2.35. The number of carbonyl (C=O) groups is 3. The van der Waals surface area contributed by atoms with Crippen LogP contribution in [0.4, 0.5) is 5.69 Å². The summed E-state index contributed by atoms with van der Waals surface area (Å²) in [7, 11) is 2.55. The van der Waals surface area contributed by atoms with Gasteiger partial charge in [-0.2, -0.15) is 0 Å². The first-order valence-corrected chi connectivity index (χ1v) is 8.04. The molecule has 0 bridgehead atoms. The average Bonchev–Trinajstić information content (AvgIpc) is 2.57. The maximum absolute atomic E-state index is 11.8. The minimum Gasteiger partial charge on any atom is -0.468 e. The zero-order valence-corrected chi connectivity index (χ0v) is 15.8. The van der Waals surface area contributed by atoms with Gasteiger partial charge in [0, 0.05) is 11.8 Å². The number of benzene rings is 1. The van der Waals surface area contributed by atoms with Crippen molar-refractivity contribution in [2.75, 3.05) is 32.2 Å². The van der Waals surface area contributed by atoms with Gasteiger partial charge < -0.3 is 19.1 Å².